The maximum absolute atomic E-state index is 11.8. The van der Waals surface area contributed by atoms with Gasteiger partial charge in [-0.2, -0.15) is 5.10 Å². The van der Waals surface area contributed by atoms with Gasteiger partial charge in [-0.1, -0.05) is 39.0 Å². The summed E-state index contributed by atoms with van der Waals surface area (Å²) in [5, 5.41) is 10.2. The molecule has 0 saturated heterocycles. The second kappa shape index (κ2) is 6.80. The smallest absolute Gasteiger partial charge is 0.230 e. The van der Waals surface area contributed by atoms with Crippen LogP contribution in [0.2, 0.25) is 0 Å². The maximum atomic E-state index is 11.8. The molecule has 0 radical (unpaired) electrons. The lowest BCUT2D eigenvalue weighted by Gasteiger charge is -2.13. The van der Waals surface area contributed by atoms with Crippen molar-refractivity contribution in [3.05, 3.63) is 47.8 Å². The first kappa shape index (κ1) is 15.6. The van der Waals surface area contributed by atoms with Gasteiger partial charge in [0.05, 0.1) is 23.7 Å². The van der Waals surface area contributed by atoms with Gasteiger partial charge in [0.1, 0.15) is 0 Å². The molecule has 5 heteroatoms. The van der Waals surface area contributed by atoms with E-state index in [0.717, 1.165) is 16.3 Å². The minimum atomic E-state index is 0.0158. The minimum Gasteiger partial charge on any atom is -0.350 e. The van der Waals surface area contributed by atoms with Gasteiger partial charge in [-0.05, 0) is 18.2 Å². The Balaban J connectivity index is 1.78. The average Bonchev–Trinajstić information content (AvgIpc) is 2.93. The summed E-state index contributed by atoms with van der Waals surface area (Å²) in [6, 6.07) is 11.9. The van der Waals surface area contributed by atoms with Crippen molar-refractivity contribution in [1.82, 2.24) is 15.5 Å². The number of benzene rings is 1. The summed E-state index contributed by atoms with van der Waals surface area (Å²) >= 11 is 1.54. The van der Waals surface area contributed by atoms with E-state index in [4.69, 9.17) is 0 Å². The van der Waals surface area contributed by atoms with E-state index >= 15 is 0 Å². The van der Waals surface area contributed by atoms with Crippen molar-refractivity contribution in [3.63, 3.8) is 0 Å². The summed E-state index contributed by atoms with van der Waals surface area (Å²) in [5.74, 6) is 0.445. The van der Waals surface area contributed by atoms with Crippen LogP contribution in [0, 0.1) is 0 Å². The molecule has 2 rings (SSSR count). The first-order valence-corrected chi connectivity index (χ1v) is 7.93. The Bertz CT molecular complexity index is 587. The third-order valence-corrected chi connectivity index (χ3v) is 4.00. The lowest BCUT2D eigenvalue weighted by atomic mass is 9.92. The quantitative estimate of drug-likeness (QED) is 0.834. The van der Waals surface area contributed by atoms with Crippen LogP contribution in [0.4, 0.5) is 0 Å². The molecule has 0 spiro atoms. The molecule has 0 atom stereocenters. The highest BCUT2D eigenvalue weighted by Gasteiger charge is 2.17. The number of nitrogens with one attached hydrogen (secondary N) is 2. The number of H-pyrrole nitrogens is 1. The molecule has 21 heavy (non-hydrogen) atoms. The molecule has 2 N–H and O–H groups in total. The first-order chi connectivity index (χ1) is 9.95. The highest BCUT2D eigenvalue weighted by molar-refractivity contribution is 8.00. The molecule has 1 aromatic carbocycles. The molecule has 112 valence electrons. The van der Waals surface area contributed by atoms with Crippen molar-refractivity contribution in [2.75, 3.05) is 5.75 Å². The summed E-state index contributed by atoms with van der Waals surface area (Å²) in [4.78, 5) is 12.9. The molecule has 0 fully saturated rings. The molecule has 0 aliphatic carbocycles. The van der Waals surface area contributed by atoms with Crippen molar-refractivity contribution in [3.8, 4) is 0 Å². The minimum absolute atomic E-state index is 0.0158. The molecule has 0 bridgehead atoms. The summed E-state index contributed by atoms with van der Waals surface area (Å²) < 4.78 is 0. The number of nitrogens with zero attached hydrogens (tertiary/aromatic N) is 1. The van der Waals surface area contributed by atoms with Gasteiger partial charge in [-0.15, -0.1) is 11.8 Å². The van der Waals surface area contributed by atoms with Gasteiger partial charge < -0.3 is 5.32 Å². The zero-order chi connectivity index (χ0) is 15.3. The average molecular weight is 303 g/mol. The number of rotatable bonds is 5. The van der Waals surface area contributed by atoms with Crippen LogP contribution in [0.5, 0.6) is 0 Å². The molecule has 0 aliphatic heterocycles. The largest absolute Gasteiger partial charge is 0.350 e. The summed E-state index contributed by atoms with van der Waals surface area (Å²) in [6.45, 7) is 6.82. The maximum Gasteiger partial charge on any atom is 0.230 e. The highest BCUT2D eigenvalue weighted by atomic mass is 32.2. The Labute approximate surface area is 129 Å². The molecule has 4 nitrogen and oxygen atoms in total. The van der Waals surface area contributed by atoms with Crippen LogP contribution in [0.1, 0.15) is 32.2 Å². The van der Waals surface area contributed by atoms with Crippen molar-refractivity contribution < 1.29 is 4.79 Å². The van der Waals surface area contributed by atoms with Gasteiger partial charge in [-0.3, -0.25) is 9.89 Å². The second-order valence-corrected chi connectivity index (χ2v) is 6.96. The van der Waals surface area contributed by atoms with E-state index in [1.807, 2.05) is 36.4 Å². The lowest BCUT2D eigenvalue weighted by Crippen LogP contribution is -2.24. The molecule has 0 aliphatic rings. The standard InChI is InChI=1S/C16H21N3OS/c1-16(2,3)14-9-12(18-19-14)10-17-15(20)11-21-13-7-5-4-6-8-13/h4-9H,10-11H2,1-3H3,(H,17,20)(H,18,19). The second-order valence-electron chi connectivity index (χ2n) is 5.91. The Kier molecular flexibility index (Phi) is 5.07. The van der Waals surface area contributed by atoms with Gasteiger partial charge in [0, 0.05) is 10.3 Å². The molecule has 1 heterocycles. The fourth-order valence-electron chi connectivity index (χ4n) is 1.75. The van der Waals surface area contributed by atoms with E-state index in [9.17, 15) is 4.79 Å². The van der Waals surface area contributed by atoms with Gasteiger partial charge >= 0.3 is 0 Å². The molecule has 0 unspecified atom stereocenters. The Morgan fingerprint density at radius 2 is 2.00 bits per heavy atom. The van der Waals surface area contributed by atoms with E-state index < -0.39 is 0 Å². The zero-order valence-electron chi connectivity index (χ0n) is 12.6. The van der Waals surface area contributed by atoms with Gasteiger partial charge in [0.2, 0.25) is 5.91 Å². The number of aromatic nitrogens is 2. The lowest BCUT2D eigenvalue weighted by molar-refractivity contribution is -0.118. The fourth-order valence-corrected chi connectivity index (χ4v) is 2.50. The highest BCUT2D eigenvalue weighted by Crippen LogP contribution is 2.20. The number of thioether (sulfide) groups is 1. The summed E-state index contributed by atoms with van der Waals surface area (Å²) in [7, 11) is 0. The van der Waals surface area contributed by atoms with Gasteiger partial charge in [0.25, 0.3) is 0 Å². The van der Waals surface area contributed by atoms with Crippen molar-refractivity contribution >= 4 is 17.7 Å². The molecule has 2 aromatic rings. The first-order valence-electron chi connectivity index (χ1n) is 6.94. The Morgan fingerprint density at radius 3 is 2.62 bits per heavy atom. The van der Waals surface area contributed by atoms with E-state index in [2.05, 4.69) is 36.3 Å². The third-order valence-electron chi connectivity index (χ3n) is 2.99. The van der Waals surface area contributed by atoms with Crippen molar-refractivity contribution in [2.45, 2.75) is 37.6 Å². The van der Waals surface area contributed by atoms with Crippen LogP contribution in [-0.4, -0.2) is 21.9 Å². The molecular formula is C16H21N3OS. The zero-order valence-corrected chi connectivity index (χ0v) is 13.5. The van der Waals surface area contributed by atoms with Crippen LogP contribution in [0.25, 0.3) is 0 Å². The van der Waals surface area contributed by atoms with Crippen LogP contribution in [-0.2, 0) is 16.8 Å². The molecule has 1 amide bonds. The normalized spacial score (nSPS) is 11.4. The predicted octanol–water partition coefficient (Wildman–Crippen LogP) is 3.12. The number of carbonyl (C=O) groups excluding carboxylic acids is 1. The Hall–Kier alpha value is -1.75. The van der Waals surface area contributed by atoms with Crippen LogP contribution in [0.15, 0.2) is 41.3 Å². The Morgan fingerprint density at radius 1 is 1.29 bits per heavy atom. The topological polar surface area (TPSA) is 57.8 Å². The van der Waals surface area contributed by atoms with Gasteiger partial charge in [-0.25, -0.2) is 0 Å². The number of carbonyl (C=O) groups is 1. The number of amides is 1. The molecule has 0 saturated carbocycles. The fraction of sp³-hybridized carbons (Fsp3) is 0.375. The predicted molar refractivity (Wildman–Crippen MR) is 86.3 cm³/mol. The number of hydrogen-bond acceptors (Lipinski definition) is 3. The van der Waals surface area contributed by atoms with E-state index in [-0.39, 0.29) is 11.3 Å². The van der Waals surface area contributed by atoms with E-state index in [1.54, 1.807) is 0 Å². The van der Waals surface area contributed by atoms with Crippen LogP contribution in [0.3, 0.4) is 0 Å². The van der Waals surface area contributed by atoms with E-state index in [1.165, 1.54) is 11.8 Å². The molecular weight excluding hydrogens is 282 g/mol. The van der Waals surface area contributed by atoms with Crippen LogP contribution < -0.4 is 5.32 Å². The number of hydrogen-bond donors (Lipinski definition) is 2. The van der Waals surface area contributed by atoms with Crippen molar-refractivity contribution in [2.24, 2.45) is 0 Å². The summed E-state index contributed by atoms with van der Waals surface area (Å²) in [6.07, 6.45) is 0. The van der Waals surface area contributed by atoms with Gasteiger partial charge in [0.15, 0.2) is 0 Å². The number of aromatic amines is 1. The SMILES string of the molecule is CC(C)(C)c1cc(CNC(=O)CSc2ccccc2)[nH]n1. The van der Waals surface area contributed by atoms with Crippen LogP contribution >= 0.6 is 11.8 Å². The summed E-state index contributed by atoms with van der Waals surface area (Å²) in [5.41, 5.74) is 1.95. The molecule has 1 aromatic heterocycles. The van der Waals surface area contributed by atoms with Crippen molar-refractivity contribution in [1.29, 1.82) is 0 Å². The van der Waals surface area contributed by atoms with E-state index in [0.29, 0.717) is 12.3 Å². The monoisotopic (exact) mass is 303 g/mol. The third kappa shape index (κ3) is 4.93.